The maximum atomic E-state index is 5.80. The summed E-state index contributed by atoms with van der Waals surface area (Å²) in [4.78, 5) is 0. The third-order valence-corrected chi connectivity index (χ3v) is 8.28. The molecule has 0 saturated carbocycles. The Morgan fingerprint density at radius 2 is 1.30 bits per heavy atom. The van der Waals surface area contributed by atoms with Gasteiger partial charge >= 0.3 is 0 Å². The van der Waals surface area contributed by atoms with Gasteiger partial charge in [0.15, 0.2) is 0 Å². The van der Waals surface area contributed by atoms with E-state index in [9.17, 15) is 0 Å². The van der Waals surface area contributed by atoms with Crippen molar-refractivity contribution in [2.75, 3.05) is 0 Å². The molecule has 0 aliphatic carbocycles. The summed E-state index contributed by atoms with van der Waals surface area (Å²) in [6.45, 7) is 24.3. The predicted octanol–water partition coefficient (Wildman–Crippen LogP) is 10.2. The second-order valence-electron chi connectivity index (χ2n) is 13.7. The van der Waals surface area contributed by atoms with E-state index in [0.717, 1.165) is 18.4 Å². The molecule has 0 fully saturated rings. The van der Waals surface area contributed by atoms with Crippen molar-refractivity contribution >= 4 is 11.0 Å². The Balaban J connectivity index is 2.04. The first-order chi connectivity index (χ1) is 15.1. The molecule has 3 aromatic rings. The first kappa shape index (κ1) is 25.6. The Morgan fingerprint density at radius 1 is 0.667 bits per heavy atom. The second-order valence-corrected chi connectivity index (χ2v) is 13.7. The van der Waals surface area contributed by atoms with E-state index in [1.165, 1.54) is 16.5 Å². The SMILES string of the molecule is CC(C)(C)CC(c1ccc2ccoc2c1)C(C)(C)C(C)(C)CC(c1ccccc1)C(C)(C)C. The van der Waals surface area contributed by atoms with E-state index in [0.29, 0.717) is 11.8 Å². The molecule has 180 valence electrons. The number of hydrogen-bond donors (Lipinski definition) is 0. The molecule has 3 rings (SSSR count). The third-order valence-electron chi connectivity index (χ3n) is 8.28. The lowest BCUT2D eigenvalue weighted by molar-refractivity contribution is 0.0305. The van der Waals surface area contributed by atoms with Crippen LogP contribution in [0.15, 0.2) is 65.3 Å². The smallest absolute Gasteiger partial charge is 0.134 e. The topological polar surface area (TPSA) is 13.1 Å². The number of benzene rings is 2. The summed E-state index contributed by atoms with van der Waals surface area (Å²) < 4.78 is 5.80. The van der Waals surface area contributed by atoms with E-state index in [4.69, 9.17) is 4.42 Å². The monoisotopic (exact) mass is 446 g/mol. The summed E-state index contributed by atoms with van der Waals surface area (Å²) in [5.41, 5.74) is 4.49. The van der Waals surface area contributed by atoms with Crippen molar-refractivity contribution in [3.05, 3.63) is 72.0 Å². The molecule has 0 aliphatic rings. The highest BCUT2D eigenvalue weighted by atomic mass is 16.3. The normalized spacial score (nSPS) is 15.6. The molecule has 0 saturated heterocycles. The zero-order valence-corrected chi connectivity index (χ0v) is 22.8. The van der Waals surface area contributed by atoms with Crippen LogP contribution in [0.3, 0.4) is 0 Å². The summed E-state index contributed by atoms with van der Waals surface area (Å²) in [7, 11) is 0. The molecule has 2 unspecified atom stereocenters. The van der Waals surface area contributed by atoms with Gasteiger partial charge in [0.05, 0.1) is 6.26 Å². The summed E-state index contributed by atoms with van der Waals surface area (Å²) in [6, 6.07) is 20.1. The van der Waals surface area contributed by atoms with E-state index in [2.05, 4.69) is 124 Å². The Hall–Kier alpha value is -2.02. The van der Waals surface area contributed by atoms with Gasteiger partial charge < -0.3 is 4.42 Å². The minimum atomic E-state index is 0.0822. The fourth-order valence-electron chi connectivity index (χ4n) is 5.44. The number of rotatable bonds is 7. The zero-order valence-electron chi connectivity index (χ0n) is 22.8. The van der Waals surface area contributed by atoms with Crippen molar-refractivity contribution in [1.82, 2.24) is 0 Å². The van der Waals surface area contributed by atoms with Crippen LogP contribution in [0.1, 0.15) is 105 Å². The molecule has 0 radical (unpaired) electrons. The van der Waals surface area contributed by atoms with Gasteiger partial charge in [-0.05, 0) is 69.6 Å². The molecule has 2 atom stereocenters. The van der Waals surface area contributed by atoms with Crippen LogP contribution in [0.2, 0.25) is 0 Å². The van der Waals surface area contributed by atoms with E-state index in [1.807, 2.05) is 0 Å². The third kappa shape index (κ3) is 5.73. The molecule has 2 aromatic carbocycles. The second kappa shape index (κ2) is 8.97. The van der Waals surface area contributed by atoms with Crippen LogP contribution in [-0.4, -0.2) is 0 Å². The van der Waals surface area contributed by atoms with Crippen molar-refractivity contribution < 1.29 is 4.42 Å². The highest BCUT2D eigenvalue weighted by Crippen LogP contribution is 2.57. The molecule has 0 bridgehead atoms. The van der Waals surface area contributed by atoms with Gasteiger partial charge in [0, 0.05) is 5.39 Å². The molecule has 0 spiro atoms. The summed E-state index contributed by atoms with van der Waals surface area (Å²) in [6.07, 6.45) is 4.09. The highest BCUT2D eigenvalue weighted by Gasteiger charge is 2.47. The van der Waals surface area contributed by atoms with Crippen LogP contribution in [-0.2, 0) is 0 Å². The zero-order chi connectivity index (χ0) is 24.7. The quantitative estimate of drug-likeness (QED) is 0.352. The number of hydrogen-bond acceptors (Lipinski definition) is 1. The highest BCUT2D eigenvalue weighted by molar-refractivity contribution is 5.77. The average molecular weight is 447 g/mol. The maximum Gasteiger partial charge on any atom is 0.134 e. The Morgan fingerprint density at radius 3 is 1.88 bits per heavy atom. The molecular weight excluding hydrogens is 400 g/mol. The lowest BCUT2D eigenvalue weighted by Crippen LogP contribution is -2.41. The van der Waals surface area contributed by atoms with E-state index in [1.54, 1.807) is 6.26 Å². The van der Waals surface area contributed by atoms with Gasteiger partial charge in [0.1, 0.15) is 5.58 Å². The van der Waals surface area contributed by atoms with Crippen molar-refractivity contribution in [1.29, 1.82) is 0 Å². The van der Waals surface area contributed by atoms with Gasteiger partial charge in [-0.15, -0.1) is 0 Å². The summed E-state index contributed by atoms with van der Waals surface area (Å²) >= 11 is 0. The Bertz CT molecular complexity index is 1040. The summed E-state index contributed by atoms with van der Waals surface area (Å²) in [5.74, 6) is 0.925. The van der Waals surface area contributed by atoms with Gasteiger partial charge in [-0.1, -0.05) is 112 Å². The van der Waals surface area contributed by atoms with Crippen LogP contribution in [0.5, 0.6) is 0 Å². The number of furan rings is 1. The van der Waals surface area contributed by atoms with Crippen molar-refractivity contribution in [3.63, 3.8) is 0 Å². The van der Waals surface area contributed by atoms with Crippen LogP contribution in [0.4, 0.5) is 0 Å². The molecule has 1 aromatic heterocycles. The largest absolute Gasteiger partial charge is 0.464 e. The predicted molar refractivity (Wildman–Crippen MR) is 144 cm³/mol. The molecule has 0 N–H and O–H groups in total. The molecule has 33 heavy (non-hydrogen) atoms. The van der Waals surface area contributed by atoms with Gasteiger partial charge in [0.25, 0.3) is 0 Å². The van der Waals surface area contributed by atoms with Crippen LogP contribution < -0.4 is 0 Å². The van der Waals surface area contributed by atoms with Crippen molar-refractivity contribution in [2.45, 2.75) is 93.9 Å². The van der Waals surface area contributed by atoms with Crippen LogP contribution in [0.25, 0.3) is 11.0 Å². The first-order valence-electron chi connectivity index (χ1n) is 12.6. The molecule has 0 amide bonds. The summed E-state index contributed by atoms with van der Waals surface area (Å²) in [5, 5.41) is 1.18. The van der Waals surface area contributed by atoms with Gasteiger partial charge in [-0.2, -0.15) is 0 Å². The van der Waals surface area contributed by atoms with Gasteiger partial charge in [0.2, 0.25) is 0 Å². The fourth-order valence-corrected chi connectivity index (χ4v) is 5.44. The van der Waals surface area contributed by atoms with Crippen LogP contribution in [0, 0.1) is 21.7 Å². The first-order valence-corrected chi connectivity index (χ1v) is 12.6. The van der Waals surface area contributed by atoms with Crippen LogP contribution >= 0.6 is 0 Å². The maximum absolute atomic E-state index is 5.80. The fraction of sp³-hybridized carbons (Fsp3) is 0.562. The van der Waals surface area contributed by atoms with E-state index < -0.39 is 0 Å². The van der Waals surface area contributed by atoms with E-state index >= 15 is 0 Å². The molecule has 1 heteroatoms. The van der Waals surface area contributed by atoms with Crippen molar-refractivity contribution in [2.24, 2.45) is 21.7 Å². The lowest BCUT2D eigenvalue weighted by atomic mass is 9.53. The van der Waals surface area contributed by atoms with Gasteiger partial charge in [-0.25, -0.2) is 0 Å². The molecule has 1 heterocycles. The molecule has 1 nitrogen and oxygen atoms in total. The van der Waals surface area contributed by atoms with E-state index in [-0.39, 0.29) is 21.7 Å². The lowest BCUT2D eigenvalue weighted by Gasteiger charge is -2.51. The van der Waals surface area contributed by atoms with Gasteiger partial charge in [-0.3, -0.25) is 0 Å². The standard InChI is InChI=1S/C32H46O/c1-29(2,3)21-27(25-17-16-24-18-19-33-28(24)20-25)32(9,10)31(7,8)22-26(30(4,5)6)23-14-12-11-13-15-23/h11-20,26-27H,21-22H2,1-10H3. The molecule has 0 aliphatic heterocycles. The van der Waals surface area contributed by atoms with Crippen molar-refractivity contribution in [3.8, 4) is 0 Å². The Kier molecular flexibility index (Phi) is 6.96. The number of fused-ring (bicyclic) bond motifs is 1. The Labute approximate surface area is 203 Å². The average Bonchev–Trinajstić information content (AvgIpc) is 3.17. The minimum absolute atomic E-state index is 0.0822. The minimum Gasteiger partial charge on any atom is -0.464 e. The molecular formula is C32H46O.